The van der Waals surface area contributed by atoms with Crippen molar-refractivity contribution in [1.82, 2.24) is 9.88 Å². The molecule has 5 rings (SSSR count). The van der Waals surface area contributed by atoms with E-state index in [1.807, 2.05) is 30.3 Å². The summed E-state index contributed by atoms with van der Waals surface area (Å²) in [6.07, 6.45) is 3.26. The van der Waals surface area contributed by atoms with Gasteiger partial charge in [0.05, 0.1) is 30.9 Å². The van der Waals surface area contributed by atoms with Crippen LogP contribution in [0.5, 0.6) is 5.75 Å². The van der Waals surface area contributed by atoms with Gasteiger partial charge in [0.25, 0.3) is 0 Å². The Labute approximate surface area is 147 Å². The van der Waals surface area contributed by atoms with Crippen LogP contribution in [-0.2, 0) is 0 Å². The van der Waals surface area contributed by atoms with Crippen molar-refractivity contribution in [1.29, 1.82) is 0 Å². The van der Waals surface area contributed by atoms with Crippen molar-refractivity contribution in [2.24, 2.45) is 11.8 Å². The van der Waals surface area contributed by atoms with E-state index in [9.17, 15) is 10.2 Å². The second-order valence-electron chi connectivity index (χ2n) is 7.06. The van der Waals surface area contributed by atoms with Crippen molar-refractivity contribution in [2.75, 3.05) is 20.2 Å². The highest BCUT2D eigenvalue weighted by Gasteiger charge is 2.48. The number of hydrogen-bond donors (Lipinski definition) is 2. The number of aromatic nitrogens is 1. The second-order valence-corrected chi connectivity index (χ2v) is 7.06. The minimum absolute atomic E-state index is 0.171. The average Bonchev–Trinajstić information content (AvgIpc) is 2.66. The van der Waals surface area contributed by atoms with E-state index in [0.29, 0.717) is 5.92 Å². The highest BCUT2D eigenvalue weighted by atomic mass is 16.5. The van der Waals surface area contributed by atoms with Crippen LogP contribution in [0.2, 0.25) is 0 Å². The maximum Gasteiger partial charge on any atom is 0.119 e. The maximum atomic E-state index is 11.2. The predicted molar refractivity (Wildman–Crippen MR) is 96.4 cm³/mol. The molecule has 5 nitrogen and oxygen atoms in total. The van der Waals surface area contributed by atoms with Crippen molar-refractivity contribution in [3.63, 3.8) is 0 Å². The van der Waals surface area contributed by atoms with Crippen LogP contribution in [0.25, 0.3) is 10.9 Å². The predicted octanol–water partition coefficient (Wildman–Crippen LogP) is 2.14. The first-order valence-electron chi connectivity index (χ1n) is 8.79. The van der Waals surface area contributed by atoms with E-state index in [2.05, 4.69) is 16.5 Å². The van der Waals surface area contributed by atoms with Crippen molar-refractivity contribution in [3.05, 3.63) is 48.7 Å². The minimum atomic E-state index is -0.777. The summed E-state index contributed by atoms with van der Waals surface area (Å²) in [7, 11) is 1.62. The quantitative estimate of drug-likeness (QED) is 0.835. The number of aliphatic hydroxyl groups excluding tert-OH is 2. The van der Waals surface area contributed by atoms with E-state index in [1.165, 1.54) is 0 Å². The lowest BCUT2D eigenvalue weighted by Gasteiger charge is -2.53. The van der Waals surface area contributed by atoms with Gasteiger partial charge in [-0.3, -0.25) is 9.88 Å². The second kappa shape index (κ2) is 6.41. The van der Waals surface area contributed by atoms with Crippen molar-refractivity contribution >= 4 is 10.9 Å². The summed E-state index contributed by atoms with van der Waals surface area (Å²) in [6.45, 7) is 5.65. The average molecular weight is 340 g/mol. The largest absolute Gasteiger partial charge is 0.497 e. The fourth-order valence-electron chi connectivity index (χ4n) is 4.54. The third-order valence-electron chi connectivity index (χ3n) is 5.88. The minimum Gasteiger partial charge on any atom is -0.497 e. The number of hydrogen-bond acceptors (Lipinski definition) is 5. The highest BCUT2D eigenvalue weighted by molar-refractivity contribution is 5.84. The molecule has 4 heterocycles. The van der Waals surface area contributed by atoms with E-state index in [-0.39, 0.29) is 12.0 Å². The maximum absolute atomic E-state index is 11.2. The Morgan fingerprint density at radius 1 is 1.40 bits per heavy atom. The molecule has 1 aromatic carbocycles. The number of benzene rings is 1. The van der Waals surface area contributed by atoms with Gasteiger partial charge in [-0.15, -0.1) is 6.58 Å². The van der Waals surface area contributed by atoms with Crippen LogP contribution in [0, 0.1) is 11.8 Å². The van der Waals surface area contributed by atoms with E-state index in [4.69, 9.17) is 4.74 Å². The molecular formula is C20H24N2O3. The van der Waals surface area contributed by atoms with Gasteiger partial charge in [-0.25, -0.2) is 0 Å². The number of rotatable bonds is 4. The summed E-state index contributed by atoms with van der Waals surface area (Å²) >= 11 is 0. The van der Waals surface area contributed by atoms with E-state index in [1.54, 1.807) is 13.3 Å². The summed E-state index contributed by atoms with van der Waals surface area (Å²) in [5.74, 6) is 1.19. The van der Waals surface area contributed by atoms with E-state index < -0.39 is 12.2 Å². The Kier molecular flexibility index (Phi) is 4.23. The zero-order chi connectivity index (χ0) is 17.6. The van der Waals surface area contributed by atoms with Gasteiger partial charge in [-0.1, -0.05) is 6.08 Å². The van der Waals surface area contributed by atoms with Gasteiger partial charge in [-0.05, 0) is 54.6 Å². The molecular weight excluding hydrogens is 316 g/mol. The molecule has 25 heavy (non-hydrogen) atoms. The Morgan fingerprint density at radius 3 is 2.96 bits per heavy atom. The third-order valence-corrected chi connectivity index (χ3v) is 5.88. The third kappa shape index (κ3) is 2.63. The summed E-state index contributed by atoms with van der Waals surface area (Å²) in [5, 5.41) is 22.9. The molecule has 3 saturated heterocycles. The first-order valence-corrected chi connectivity index (χ1v) is 8.79. The molecule has 2 unspecified atom stereocenters. The monoisotopic (exact) mass is 340 g/mol. The molecule has 0 amide bonds. The van der Waals surface area contributed by atoms with Crippen LogP contribution in [0.15, 0.2) is 43.1 Å². The molecule has 0 radical (unpaired) electrons. The molecule has 0 saturated carbocycles. The molecule has 2 bridgehead atoms. The molecule has 3 aliphatic heterocycles. The summed E-state index contributed by atoms with van der Waals surface area (Å²) in [4.78, 5) is 6.58. The fourth-order valence-corrected chi connectivity index (χ4v) is 4.54. The van der Waals surface area contributed by atoms with Crippen LogP contribution < -0.4 is 4.74 Å². The number of ether oxygens (including phenoxy) is 1. The molecule has 5 heteroatoms. The molecule has 0 aliphatic carbocycles. The normalized spacial score (nSPS) is 32.5. The number of aliphatic hydroxyl groups is 2. The van der Waals surface area contributed by atoms with Crippen LogP contribution >= 0.6 is 0 Å². The summed E-state index contributed by atoms with van der Waals surface area (Å²) in [5.41, 5.74) is 1.60. The lowest BCUT2D eigenvalue weighted by atomic mass is 9.71. The first-order chi connectivity index (χ1) is 12.1. The van der Waals surface area contributed by atoms with Gasteiger partial charge < -0.3 is 14.9 Å². The van der Waals surface area contributed by atoms with Gasteiger partial charge in [0.2, 0.25) is 0 Å². The molecule has 2 aromatic rings. The van der Waals surface area contributed by atoms with Crippen molar-refractivity contribution in [2.45, 2.75) is 24.7 Å². The molecule has 3 fully saturated rings. The lowest BCUT2D eigenvalue weighted by Crippen LogP contribution is -2.63. The van der Waals surface area contributed by atoms with Crippen LogP contribution in [0.4, 0.5) is 0 Å². The number of piperidine rings is 3. The number of methoxy groups -OCH3 is 1. The van der Waals surface area contributed by atoms with Crippen molar-refractivity contribution in [3.8, 4) is 5.75 Å². The molecule has 6 atom stereocenters. The van der Waals surface area contributed by atoms with Crippen molar-refractivity contribution < 1.29 is 14.9 Å². The molecule has 132 valence electrons. The number of pyridine rings is 1. The van der Waals surface area contributed by atoms with E-state index >= 15 is 0 Å². The Balaban J connectivity index is 1.73. The van der Waals surface area contributed by atoms with Gasteiger partial charge in [-0.2, -0.15) is 0 Å². The standard InChI is InChI=1S/C20H24N2O3/c1-3-12-11-22-9-7-14(12)19(23)18(22)20(24)15-6-8-21-17-5-4-13(25-2)10-16(15)17/h3-6,8,10,12,14,18-20,23-24H,1,7,9,11H2,2H3/t12-,14+,18+,19?,20+/m0/s1. The van der Waals surface area contributed by atoms with Crippen LogP contribution in [0.3, 0.4) is 0 Å². The number of fused-ring (bicyclic) bond motifs is 4. The summed E-state index contributed by atoms with van der Waals surface area (Å²) in [6, 6.07) is 7.19. The molecule has 0 spiro atoms. The number of nitrogens with zero attached hydrogens (tertiary/aromatic N) is 2. The summed E-state index contributed by atoms with van der Waals surface area (Å²) < 4.78 is 5.32. The zero-order valence-corrected chi connectivity index (χ0v) is 14.4. The van der Waals surface area contributed by atoms with Crippen LogP contribution in [-0.4, -0.2) is 52.4 Å². The van der Waals surface area contributed by atoms with Crippen LogP contribution in [0.1, 0.15) is 18.1 Å². The Bertz CT molecular complexity index is 792. The molecule has 3 aliphatic rings. The Hall–Kier alpha value is -1.95. The molecule has 2 N–H and O–H groups in total. The Morgan fingerprint density at radius 2 is 2.24 bits per heavy atom. The first kappa shape index (κ1) is 16.5. The zero-order valence-electron chi connectivity index (χ0n) is 14.4. The van der Waals surface area contributed by atoms with Gasteiger partial charge >= 0.3 is 0 Å². The molecule has 1 aromatic heterocycles. The SMILES string of the molecule is C=C[C@H]1CN2CC[C@H]1C(O)[C@@H]2[C@H](O)c1ccnc2ccc(OC)cc12. The smallest absolute Gasteiger partial charge is 0.119 e. The van der Waals surface area contributed by atoms with Gasteiger partial charge in [0.15, 0.2) is 0 Å². The van der Waals surface area contributed by atoms with Gasteiger partial charge in [0.1, 0.15) is 5.75 Å². The van der Waals surface area contributed by atoms with Gasteiger partial charge in [0, 0.05) is 18.1 Å². The van der Waals surface area contributed by atoms with E-state index in [0.717, 1.165) is 41.7 Å². The highest BCUT2D eigenvalue weighted by Crippen LogP contribution is 2.42. The fraction of sp³-hybridized carbons (Fsp3) is 0.450. The lowest BCUT2D eigenvalue weighted by molar-refractivity contribution is -0.131. The topological polar surface area (TPSA) is 65.8 Å².